The predicted octanol–water partition coefficient (Wildman–Crippen LogP) is 3.22. The first-order valence-electron chi connectivity index (χ1n) is 8.49. The molecule has 1 aliphatic rings. The number of anilines is 1. The lowest BCUT2D eigenvalue weighted by atomic mass is 10.2. The topological polar surface area (TPSA) is 88.6 Å². The number of fused-ring (bicyclic) bond motifs is 1. The Kier molecular flexibility index (Phi) is 5.35. The Bertz CT molecular complexity index is 1140. The maximum atomic E-state index is 12.8. The van der Waals surface area contributed by atoms with Crippen molar-refractivity contribution < 1.29 is 17.9 Å². The molecule has 146 valence electrons. The number of aromatic nitrogens is 1. The van der Waals surface area contributed by atoms with Crippen LogP contribution in [0.15, 0.2) is 47.4 Å². The van der Waals surface area contributed by atoms with E-state index < -0.39 is 10.0 Å². The number of thiazole rings is 1. The lowest BCUT2D eigenvalue weighted by Crippen LogP contribution is -2.40. The summed E-state index contributed by atoms with van der Waals surface area (Å²) < 4.78 is 32.9. The van der Waals surface area contributed by atoms with Crippen LogP contribution in [0.25, 0.3) is 10.2 Å². The maximum absolute atomic E-state index is 12.8. The van der Waals surface area contributed by atoms with Crippen molar-refractivity contribution in [3.63, 3.8) is 0 Å². The second-order valence-electron chi connectivity index (χ2n) is 6.13. The van der Waals surface area contributed by atoms with Crippen molar-refractivity contribution in [2.75, 3.05) is 31.6 Å². The molecule has 0 radical (unpaired) electrons. The van der Waals surface area contributed by atoms with Crippen LogP contribution in [0.1, 0.15) is 10.4 Å². The van der Waals surface area contributed by atoms with Crippen molar-refractivity contribution in [2.24, 2.45) is 0 Å². The molecule has 1 saturated heterocycles. The van der Waals surface area contributed by atoms with Crippen LogP contribution in [-0.2, 0) is 14.8 Å². The third-order valence-corrected chi connectivity index (χ3v) is 7.34. The summed E-state index contributed by atoms with van der Waals surface area (Å²) in [5, 5.41) is 3.59. The molecular weight excluding hydrogens is 422 g/mol. The summed E-state index contributed by atoms with van der Waals surface area (Å²) in [7, 11) is -3.58. The van der Waals surface area contributed by atoms with Gasteiger partial charge in [0.15, 0.2) is 5.13 Å². The smallest absolute Gasteiger partial charge is 0.257 e. The van der Waals surface area contributed by atoms with E-state index in [-0.39, 0.29) is 10.8 Å². The number of sulfonamides is 1. The summed E-state index contributed by atoms with van der Waals surface area (Å²) >= 11 is 7.14. The van der Waals surface area contributed by atoms with E-state index in [9.17, 15) is 13.2 Å². The maximum Gasteiger partial charge on any atom is 0.257 e. The monoisotopic (exact) mass is 437 g/mol. The highest BCUT2D eigenvalue weighted by Crippen LogP contribution is 2.29. The third kappa shape index (κ3) is 3.89. The number of nitrogens with one attached hydrogen (secondary N) is 1. The summed E-state index contributed by atoms with van der Waals surface area (Å²) in [6, 6.07) is 11.4. The Morgan fingerprint density at radius 3 is 2.71 bits per heavy atom. The van der Waals surface area contributed by atoms with Gasteiger partial charge in [0.2, 0.25) is 10.0 Å². The van der Waals surface area contributed by atoms with Crippen molar-refractivity contribution in [3.8, 4) is 0 Å². The van der Waals surface area contributed by atoms with Gasteiger partial charge in [0.1, 0.15) is 0 Å². The molecular formula is C18H16ClN3O4S2. The first kappa shape index (κ1) is 19.3. The van der Waals surface area contributed by atoms with Gasteiger partial charge in [-0.25, -0.2) is 13.4 Å². The summed E-state index contributed by atoms with van der Waals surface area (Å²) in [6.45, 7) is 1.46. The number of hydrogen-bond donors (Lipinski definition) is 1. The zero-order valence-electron chi connectivity index (χ0n) is 14.6. The van der Waals surface area contributed by atoms with Gasteiger partial charge < -0.3 is 4.74 Å². The molecule has 0 atom stereocenters. The summed E-state index contributed by atoms with van der Waals surface area (Å²) in [4.78, 5) is 16.9. The van der Waals surface area contributed by atoms with Crippen LogP contribution < -0.4 is 5.32 Å². The Labute approximate surface area is 170 Å². The van der Waals surface area contributed by atoms with Crippen molar-refractivity contribution in [3.05, 3.63) is 53.1 Å². The first-order chi connectivity index (χ1) is 13.4. The van der Waals surface area contributed by atoms with Crippen LogP contribution >= 0.6 is 22.9 Å². The average Bonchev–Trinajstić information content (AvgIpc) is 3.10. The van der Waals surface area contributed by atoms with Gasteiger partial charge in [0.05, 0.1) is 28.3 Å². The number of halogens is 1. The van der Waals surface area contributed by atoms with Gasteiger partial charge in [0.25, 0.3) is 5.91 Å². The van der Waals surface area contributed by atoms with E-state index in [1.807, 2.05) is 0 Å². The minimum Gasteiger partial charge on any atom is -0.379 e. The average molecular weight is 438 g/mol. The molecule has 4 rings (SSSR count). The zero-order chi connectivity index (χ0) is 19.7. The standard InChI is InChI=1S/C18H16ClN3O4S2/c19-13-3-1-2-12(10-13)17(23)21-18-20-15-5-4-14(11-16(15)27-18)28(24,25)22-6-8-26-9-7-22/h1-5,10-11H,6-9H2,(H,20,21,23). The number of carbonyl (C=O) groups is 1. The normalized spacial score (nSPS) is 15.6. The second kappa shape index (κ2) is 7.76. The van der Waals surface area contributed by atoms with E-state index in [1.54, 1.807) is 36.4 Å². The van der Waals surface area contributed by atoms with Crippen molar-refractivity contribution >= 4 is 54.2 Å². The molecule has 1 amide bonds. The number of rotatable bonds is 4. The molecule has 1 aliphatic heterocycles. The number of morpholine rings is 1. The van der Waals surface area contributed by atoms with E-state index >= 15 is 0 Å². The molecule has 1 aromatic heterocycles. The molecule has 28 heavy (non-hydrogen) atoms. The summed E-state index contributed by atoms with van der Waals surface area (Å²) in [5.74, 6) is -0.331. The summed E-state index contributed by atoms with van der Waals surface area (Å²) in [5.41, 5.74) is 1.04. The molecule has 0 saturated carbocycles. The van der Waals surface area contributed by atoms with E-state index in [4.69, 9.17) is 16.3 Å². The number of amides is 1. The highest BCUT2D eigenvalue weighted by Gasteiger charge is 2.26. The number of benzene rings is 2. The van der Waals surface area contributed by atoms with Crippen LogP contribution in [0.3, 0.4) is 0 Å². The van der Waals surface area contributed by atoms with Gasteiger partial charge in [-0.05, 0) is 36.4 Å². The van der Waals surface area contributed by atoms with E-state index in [0.29, 0.717) is 52.2 Å². The molecule has 0 spiro atoms. The fraction of sp³-hybridized carbons (Fsp3) is 0.222. The number of nitrogens with zero attached hydrogens (tertiary/aromatic N) is 2. The molecule has 1 N–H and O–H groups in total. The van der Waals surface area contributed by atoms with Crippen LogP contribution in [0.4, 0.5) is 5.13 Å². The zero-order valence-corrected chi connectivity index (χ0v) is 17.0. The molecule has 7 nitrogen and oxygen atoms in total. The highest BCUT2D eigenvalue weighted by molar-refractivity contribution is 7.89. The predicted molar refractivity (Wildman–Crippen MR) is 109 cm³/mol. The molecule has 1 fully saturated rings. The van der Waals surface area contributed by atoms with E-state index in [1.165, 1.54) is 21.7 Å². The van der Waals surface area contributed by atoms with Crippen LogP contribution in [-0.4, -0.2) is 49.9 Å². The largest absolute Gasteiger partial charge is 0.379 e. The van der Waals surface area contributed by atoms with E-state index in [0.717, 1.165) is 0 Å². The van der Waals surface area contributed by atoms with Crippen molar-refractivity contribution in [1.82, 2.24) is 9.29 Å². The molecule has 2 aromatic carbocycles. The van der Waals surface area contributed by atoms with Gasteiger partial charge in [-0.3, -0.25) is 10.1 Å². The molecule has 10 heteroatoms. The van der Waals surface area contributed by atoms with Gasteiger partial charge in [-0.15, -0.1) is 0 Å². The van der Waals surface area contributed by atoms with Gasteiger partial charge in [-0.1, -0.05) is 29.0 Å². The number of carbonyl (C=O) groups excluding carboxylic acids is 1. The Hall–Kier alpha value is -2.04. The molecule has 0 bridgehead atoms. The van der Waals surface area contributed by atoms with Crippen molar-refractivity contribution in [2.45, 2.75) is 4.90 Å². The Morgan fingerprint density at radius 1 is 1.18 bits per heavy atom. The van der Waals surface area contributed by atoms with Crippen LogP contribution in [0, 0.1) is 0 Å². The quantitative estimate of drug-likeness (QED) is 0.677. The van der Waals surface area contributed by atoms with Crippen molar-refractivity contribution in [1.29, 1.82) is 0 Å². The minimum absolute atomic E-state index is 0.207. The van der Waals surface area contributed by atoms with Gasteiger partial charge in [-0.2, -0.15) is 4.31 Å². The minimum atomic E-state index is -3.58. The number of ether oxygens (including phenoxy) is 1. The third-order valence-electron chi connectivity index (χ3n) is 4.28. The van der Waals surface area contributed by atoms with E-state index in [2.05, 4.69) is 10.3 Å². The summed E-state index contributed by atoms with van der Waals surface area (Å²) in [6.07, 6.45) is 0. The Morgan fingerprint density at radius 2 is 1.96 bits per heavy atom. The SMILES string of the molecule is O=C(Nc1nc2ccc(S(=O)(=O)N3CCOCC3)cc2s1)c1cccc(Cl)c1. The molecule has 0 aliphatic carbocycles. The first-order valence-corrected chi connectivity index (χ1v) is 11.1. The lowest BCUT2D eigenvalue weighted by Gasteiger charge is -2.25. The molecule has 0 unspecified atom stereocenters. The van der Waals surface area contributed by atoms with Gasteiger partial charge in [0, 0.05) is 23.7 Å². The fourth-order valence-electron chi connectivity index (χ4n) is 2.85. The fourth-order valence-corrected chi connectivity index (χ4v) is 5.45. The molecule has 3 aromatic rings. The Balaban J connectivity index is 1.59. The van der Waals surface area contributed by atoms with Gasteiger partial charge >= 0.3 is 0 Å². The van der Waals surface area contributed by atoms with Crippen LogP contribution in [0.2, 0.25) is 5.02 Å². The highest BCUT2D eigenvalue weighted by atomic mass is 35.5. The number of hydrogen-bond acceptors (Lipinski definition) is 6. The second-order valence-corrected chi connectivity index (χ2v) is 9.53. The molecule has 2 heterocycles. The lowest BCUT2D eigenvalue weighted by molar-refractivity contribution is 0.0730. The van der Waals surface area contributed by atoms with Crippen LogP contribution in [0.5, 0.6) is 0 Å².